The summed E-state index contributed by atoms with van der Waals surface area (Å²) < 4.78 is 46.8. The summed E-state index contributed by atoms with van der Waals surface area (Å²) in [5.74, 6) is -0.295. The summed E-state index contributed by atoms with van der Waals surface area (Å²) in [7, 11) is 1.15. The number of ether oxygens (including phenoxy) is 1. The molecule has 1 atom stereocenters. The molecule has 0 radical (unpaired) electrons. The van der Waals surface area contributed by atoms with E-state index in [-0.39, 0.29) is 11.3 Å². The molecule has 0 saturated carbocycles. The van der Waals surface area contributed by atoms with Gasteiger partial charge in [-0.15, -0.1) is 0 Å². The molecule has 1 N–H and O–H groups in total. The second-order valence-electron chi connectivity index (χ2n) is 2.90. The van der Waals surface area contributed by atoms with Crippen LogP contribution in [0.4, 0.5) is 13.2 Å². The Kier molecular flexibility index (Phi) is 4.39. The first-order chi connectivity index (χ1) is 7.40. The first-order valence-electron chi connectivity index (χ1n) is 4.10. The number of hydrogen-bond acceptors (Lipinski definition) is 3. The summed E-state index contributed by atoms with van der Waals surface area (Å²) in [5, 5.41) is 9.25. The van der Waals surface area contributed by atoms with Crippen molar-refractivity contribution >= 4 is 23.0 Å². The minimum absolute atomic E-state index is 0.0162. The lowest BCUT2D eigenvalue weighted by atomic mass is 10.1. The van der Waals surface area contributed by atoms with Gasteiger partial charge < -0.3 is 9.84 Å². The molecule has 0 aliphatic heterocycles. The van der Waals surface area contributed by atoms with Gasteiger partial charge in [-0.25, -0.2) is 0 Å². The first kappa shape index (κ1) is 13.5. The van der Waals surface area contributed by atoms with Crippen molar-refractivity contribution in [2.24, 2.45) is 0 Å². The SMILES string of the molecule is COc1ccc(C(O)OI)cc1C(F)(F)F. The van der Waals surface area contributed by atoms with E-state index < -0.39 is 18.0 Å². The topological polar surface area (TPSA) is 38.7 Å². The van der Waals surface area contributed by atoms with E-state index in [1.165, 1.54) is 29.1 Å². The average Bonchev–Trinajstić information content (AvgIpc) is 2.26. The third-order valence-corrected chi connectivity index (χ3v) is 2.38. The van der Waals surface area contributed by atoms with Crippen LogP contribution < -0.4 is 4.74 Å². The molecule has 90 valence electrons. The number of halogens is 4. The lowest BCUT2D eigenvalue weighted by molar-refractivity contribution is -0.138. The molecule has 0 aliphatic rings. The summed E-state index contributed by atoms with van der Waals surface area (Å²) in [6, 6.07) is 3.23. The molecule has 1 rings (SSSR count). The number of hydrogen-bond donors (Lipinski definition) is 1. The maximum atomic E-state index is 12.6. The van der Waals surface area contributed by atoms with Gasteiger partial charge in [0.25, 0.3) is 0 Å². The van der Waals surface area contributed by atoms with Crippen molar-refractivity contribution in [3.05, 3.63) is 29.3 Å². The second kappa shape index (κ2) is 5.19. The molecule has 0 aliphatic carbocycles. The van der Waals surface area contributed by atoms with E-state index in [2.05, 4.69) is 7.80 Å². The standard InChI is InChI=1S/C9H8F3IO3/c1-15-7-3-2-5(8(14)16-13)4-6(7)9(10,11)12/h2-4,8,14H,1H3. The predicted octanol–water partition coefficient (Wildman–Crippen LogP) is 3.07. The van der Waals surface area contributed by atoms with Gasteiger partial charge in [0.2, 0.25) is 0 Å². The van der Waals surface area contributed by atoms with Crippen LogP contribution in [0.25, 0.3) is 0 Å². The third kappa shape index (κ3) is 2.98. The highest BCUT2D eigenvalue weighted by atomic mass is 127. The van der Waals surface area contributed by atoms with E-state index in [0.29, 0.717) is 0 Å². The van der Waals surface area contributed by atoms with Gasteiger partial charge in [-0.05, 0) is 12.1 Å². The molecule has 0 bridgehead atoms. The van der Waals surface area contributed by atoms with E-state index >= 15 is 0 Å². The van der Waals surface area contributed by atoms with Crippen LogP contribution in [0.3, 0.4) is 0 Å². The van der Waals surface area contributed by atoms with Crippen molar-refractivity contribution in [1.29, 1.82) is 0 Å². The Morgan fingerprint density at radius 3 is 2.44 bits per heavy atom. The van der Waals surface area contributed by atoms with Gasteiger partial charge in [-0.1, -0.05) is 6.07 Å². The smallest absolute Gasteiger partial charge is 0.419 e. The molecule has 1 aromatic carbocycles. The summed E-state index contributed by atoms with van der Waals surface area (Å²) >= 11 is 1.41. The Labute approximate surface area is 104 Å². The zero-order valence-corrected chi connectivity index (χ0v) is 10.2. The average molecular weight is 348 g/mol. The lowest BCUT2D eigenvalue weighted by Gasteiger charge is -2.14. The predicted molar refractivity (Wildman–Crippen MR) is 58.1 cm³/mol. The maximum absolute atomic E-state index is 12.6. The summed E-state index contributed by atoms with van der Waals surface area (Å²) in [4.78, 5) is 0. The van der Waals surface area contributed by atoms with Crippen molar-refractivity contribution in [2.75, 3.05) is 7.11 Å². The fraction of sp³-hybridized carbons (Fsp3) is 0.333. The minimum atomic E-state index is -4.54. The van der Waals surface area contributed by atoms with Gasteiger partial charge in [-0.3, -0.25) is 3.07 Å². The minimum Gasteiger partial charge on any atom is -0.496 e. The van der Waals surface area contributed by atoms with Gasteiger partial charge in [-0.2, -0.15) is 13.2 Å². The molecule has 0 aromatic heterocycles. The number of benzene rings is 1. The zero-order valence-electron chi connectivity index (χ0n) is 8.08. The molecule has 0 heterocycles. The maximum Gasteiger partial charge on any atom is 0.419 e. The summed E-state index contributed by atoms with van der Waals surface area (Å²) in [6.07, 6.45) is -5.93. The highest BCUT2D eigenvalue weighted by molar-refractivity contribution is 14.1. The quantitative estimate of drug-likeness (QED) is 0.674. The van der Waals surface area contributed by atoms with Gasteiger partial charge in [0.1, 0.15) is 28.8 Å². The molecular weight excluding hydrogens is 340 g/mol. The highest BCUT2D eigenvalue weighted by Gasteiger charge is 2.35. The third-order valence-electron chi connectivity index (χ3n) is 1.90. The van der Waals surface area contributed by atoms with Crippen LogP contribution in [0.2, 0.25) is 0 Å². The molecule has 0 spiro atoms. The second-order valence-corrected chi connectivity index (χ2v) is 3.41. The number of methoxy groups -OCH3 is 1. The van der Waals surface area contributed by atoms with Crippen LogP contribution in [-0.4, -0.2) is 12.2 Å². The molecule has 0 fully saturated rings. The fourth-order valence-corrected chi connectivity index (χ4v) is 1.45. The molecule has 0 amide bonds. The molecular formula is C9H8F3IO3. The van der Waals surface area contributed by atoms with Crippen LogP contribution in [0.15, 0.2) is 18.2 Å². The van der Waals surface area contributed by atoms with E-state index in [9.17, 15) is 18.3 Å². The van der Waals surface area contributed by atoms with Crippen molar-refractivity contribution in [3.63, 3.8) is 0 Å². The van der Waals surface area contributed by atoms with Crippen molar-refractivity contribution in [2.45, 2.75) is 12.5 Å². The zero-order chi connectivity index (χ0) is 12.3. The van der Waals surface area contributed by atoms with Crippen LogP contribution >= 0.6 is 23.0 Å². The number of aliphatic hydroxyl groups excluding tert-OH is 1. The number of aliphatic hydroxyl groups is 1. The Balaban J connectivity index is 3.22. The lowest BCUT2D eigenvalue weighted by Crippen LogP contribution is -2.09. The normalized spacial score (nSPS) is 13.6. The van der Waals surface area contributed by atoms with Crippen molar-refractivity contribution < 1.29 is 26.1 Å². The number of rotatable bonds is 3. The van der Waals surface area contributed by atoms with E-state index in [0.717, 1.165) is 19.2 Å². The summed E-state index contributed by atoms with van der Waals surface area (Å²) in [5.41, 5.74) is -0.928. The molecule has 1 aromatic rings. The molecule has 3 nitrogen and oxygen atoms in total. The van der Waals surface area contributed by atoms with E-state index in [1.54, 1.807) is 0 Å². The Morgan fingerprint density at radius 1 is 1.38 bits per heavy atom. The van der Waals surface area contributed by atoms with E-state index in [1.807, 2.05) is 0 Å². The molecule has 1 unspecified atom stereocenters. The largest absolute Gasteiger partial charge is 0.496 e. The Hall–Kier alpha value is -0.540. The van der Waals surface area contributed by atoms with Gasteiger partial charge in [0.05, 0.1) is 12.7 Å². The first-order valence-corrected chi connectivity index (χ1v) is 4.99. The van der Waals surface area contributed by atoms with Gasteiger partial charge in [0, 0.05) is 5.56 Å². The molecule has 16 heavy (non-hydrogen) atoms. The monoisotopic (exact) mass is 348 g/mol. The van der Waals surface area contributed by atoms with Gasteiger partial charge in [0.15, 0.2) is 6.29 Å². The van der Waals surface area contributed by atoms with Crippen molar-refractivity contribution in [3.8, 4) is 5.75 Å². The van der Waals surface area contributed by atoms with Crippen LogP contribution in [0.5, 0.6) is 5.75 Å². The molecule has 0 saturated heterocycles. The summed E-state index contributed by atoms with van der Waals surface area (Å²) in [6.45, 7) is 0. The van der Waals surface area contributed by atoms with Crippen LogP contribution in [0, 0.1) is 0 Å². The number of alkyl halides is 3. The van der Waals surface area contributed by atoms with Crippen LogP contribution in [-0.2, 0) is 9.24 Å². The fourth-order valence-electron chi connectivity index (χ4n) is 1.15. The Bertz CT molecular complexity index is 368. The highest BCUT2D eigenvalue weighted by Crippen LogP contribution is 2.37. The van der Waals surface area contributed by atoms with Crippen molar-refractivity contribution in [1.82, 2.24) is 0 Å². The van der Waals surface area contributed by atoms with E-state index in [4.69, 9.17) is 0 Å². The van der Waals surface area contributed by atoms with Gasteiger partial charge >= 0.3 is 6.18 Å². The Morgan fingerprint density at radius 2 is 2.00 bits per heavy atom. The van der Waals surface area contributed by atoms with Crippen LogP contribution in [0.1, 0.15) is 17.4 Å². The molecule has 7 heteroatoms.